The maximum absolute atomic E-state index is 12.1. The molecule has 1 aromatic carbocycles. The van der Waals surface area contributed by atoms with Crippen molar-refractivity contribution in [3.05, 3.63) is 52.9 Å². The number of anilines is 2. The van der Waals surface area contributed by atoms with E-state index in [9.17, 15) is 4.79 Å². The Kier molecular flexibility index (Phi) is 5.29. The Bertz CT molecular complexity index is 869. The van der Waals surface area contributed by atoms with Crippen molar-refractivity contribution >= 4 is 34.5 Å². The van der Waals surface area contributed by atoms with Crippen LogP contribution in [-0.2, 0) is 0 Å². The third-order valence-electron chi connectivity index (χ3n) is 4.05. The van der Waals surface area contributed by atoms with E-state index in [1.54, 1.807) is 20.2 Å². The van der Waals surface area contributed by atoms with Gasteiger partial charge in [0.1, 0.15) is 10.9 Å². The van der Waals surface area contributed by atoms with Crippen molar-refractivity contribution in [2.45, 2.75) is 0 Å². The number of carbonyl (C=O) groups is 1. The van der Waals surface area contributed by atoms with Crippen LogP contribution < -0.4 is 20.8 Å². The van der Waals surface area contributed by atoms with Crippen LogP contribution in [0.15, 0.2) is 36.7 Å². The molecule has 0 atom stereocenters. The number of halogens is 1. The lowest BCUT2D eigenvalue weighted by Crippen LogP contribution is -2.23. The van der Waals surface area contributed by atoms with E-state index in [4.69, 9.17) is 16.3 Å². The number of nitrogens with one attached hydrogen (secondary N) is 3. The topological polar surface area (TPSA) is 78.5 Å². The summed E-state index contributed by atoms with van der Waals surface area (Å²) in [5.41, 5.74) is 6.96. The fourth-order valence-corrected chi connectivity index (χ4v) is 2.96. The second-order valence-electron chi connectivity index (χ2n) is 5.74. The smallest absolute Gasteiger partial charge is 0.254 e. The highest BCUT2D eigenvalue weighted by Crippen LogP contribution is 2.37. The highest BCUT2D eigenvalue weighted by Gasteiger charge is 2.19. The molecule has 0 unspecified atom stereocenters. The molecule has 0 aliphatic carbocycles. The van der Waals surface area contributed by atoms with Crippen molar-refractivity contribution in [1.82, 2.24) is 20.7 Å². The van der Waals surface area contributed by atoms with E-state index in [-0.39, 0.29) is 5.91 Å². The molecular formula is C18H20ClN5O2. The summed E-state index contributed by atoms with van der Waals surface area (Å²) < 4.78 is 5.65. The van der Waals surface area contributed by atoms with Gasteiger partial charge in [-0.3, -0.25) is 4.79 Å². The molecule has 1 aromatic heterocycles. The van der Waals surface area contributed by atoms with Gasteiger partial charge in [-0.25, -0.2) is 10.4 Å². The zero-order valence-electron chi connectivity index (χ0n) is 14.8. The minimum Gasteiger partial charge on any atom is -0.494 e. The SMILES string of the molecule is CNC(=O)c1cnc(Cl)cc1Nc1cccc(C2=CN(C)NC2)c1OC. The summed E-state index contributed by atoms with van der Waals surface area (Å²) in [6.45, 7) is 0.709. The highest BCUT2D eigenvalue weighted by molar-refractivity contribution is 6.29. The van der Waals surface area contributed by atoms with E-state index in [1.807, 2.05) is 36.5 Å². The lowest BCUT2D eigenvalue weighted by Gasteiger charge is -2.17. The zero-order valence-corrected chi connectivity index (χ0v) is 15.5. The van der Waals surface area contributed by atoms with Gasteiger partial charge >= 0.3 is 0 Å². The molecule has 2 heterocycles. The van der Waals surface area contributed by atoms with Gasteiger partial charge in [0.05, 0.1) is 24.0 Å². The van der Waals surface area contributed by atoms with Crippen LogP contribution in [0, 0.1) is 0 Å². The van der Waals surface area contributed by atoms with Gasteiger partial charge < -0.3 is 20.4 Å². The van der Waals surface area contributed by atoms with Gasteiger partial charge in [0.25, 0.3) is 5.91 Å². The first-order valence-corrected chi connectivity index (χ1v) is 8.40. The first-order chi connectivity index (χ1) is 12.5. The molecule has 0 saturated heterocycles. The number of hydrogen-bond donors (Lipinski definition) is 3. The molecule has 3 rings (SSSR count). The maximum Gasteiger partial charge on any atom is 0.254 e. The molecular weight excluding hydrogens is 354 g/mol. The summed E-state index contributed by atoms with van der Waals surface area (Å²) >= 11 is 6.02. The van der Waals surface area contributed by atoms with Crippen LogP contribution >= 0.6 is 11.6 Å². The molecule has 0 fully saturated rings. The number of benzene rings is 1. The Labute approximate surface area is 157 Å². The maximum atomic E-state index is 12.1. The number of amides is 1. The van der Waals surface area contributed by atoms with Gasteiger partial charge in [0.2, 0.25) is 0 Å². The van der Waals surface area contributed by atoms with Crippen molar-refractivity contribution < 1.29 is 9.53 Å². The molecule has 2 aromatic rings. The Balaban J connectivity index is 2.03. The largest absolute Gasteiger partial charge is 0.494 e. The van der Waals surface area contributed by atoms with Crippen molar-refractivity contribution in [2.75, 3.05) is 33.1 Å². The average molecular weight is 374 g/mol. The molecule has 0 radical (unpaired) electrons. The van der Waals surface area contributed by atoms with E-state index in [2.05, 4.69) is 21.0 Å². The van der Waals surface area contributed by atoms with Crippen LogP contribution in [0.3, 0.4) is 0 Å². The van der Waals surface area contributed by atoms with Gasteiger partial charge in [-0.2, -0.15) is 0 Å². The van der Waals surface area contributed by atoms with E-state index >= 15 is 0 Å². The molecule has 8 heteroatoms. The fourth-order valence-electron chi connectivity index (χ4n) is 2.80. The number of aromatic nitrogens is 1. The summed E-state index contributed by atoms with van der Waals surface area (Å²) in [4.78, 5) is 16.1. The van der Waals surface area contributed by atoms with Gasteiger partial charge in [-0.15, -0.1) is 0 Å². The number of nitrogens with zero attached hydrogens (tertiary/aromatic N) is 2. The number of para-hydroxylation sites is 1. The molecule has 0 bridgehead atoms. The van der Waals surface area contributed by atoms with Gasteiger partial charge in [-0.1, -0.05) is 23.7 Å². The lowest BCUT2D eigenvalue weighted by atomic mass is 10.0. The Morgan fingerprint density at radius 1 is 1.38 bits per heavy atom. The first kappa shape index (κ1) is 18.0. The molecule has 0 saturated carbocycles. The number of carbonyl (C=O) groups excluding carboxylic acids is 1. The molecule has 0 spiro atoms. The molecule has 3 N–H and O–H groups in total. The van der Waals surface area contributed by atoms with Crippen LogP contribution in [0.4, 0.5) is 11.4 Å². The van der Waals surface area contributed by atoms with E-state index in [1.165, 1.54) is 6.20 Å². The summed E-state index contributed by atoms with van der Waals surface area (Å²) in [6, 6.07) is 7.43. The monoisotopic (exact) mass is 373 g/mol. The Hall–Kier alpha value is -2.77. The summed E-state index contributed by atoms with van der Waals surface area (Å²) in [5.74, 6) is 0.433. The first-order valence-electron chi connectivity index (χ1n) is 8.02. The predicted octanol–water partition coefficient (Wildman–Crippen LogP) is 2.64. The molecule has 7 nitrogen and oxygen atoms in total. The standard InChI is InChI=1S/C18H20ClN5O2/c1-20-18(25)13-9-21-16(19)7-15(13)23-14-6-4-5-12(17(14)26-3)11-8-22-24(2)10-11/h4-7,9-10,22H,8H2,1-3H3,(H,20,25)(H,21,23). The average Bonchev–Trinajstić information content (AvgIpc) is 3.07. The number of pyridine rings is 1. The number of rotatable bonds is 5. The third-order valence-corrected chi connectivity index (χ3v) is 4.25. The molecule has 1 amide bonds. The van der Waals surface area contributed by atoms with Crippen molar-refractivity contribution in [3.63, 3.8) is 0 Å². The van der Waals surface area contributed by atoms with Gasteiger partial charge in [-0.05, 0) is 17.7 Å². The predicted molar refractivity (Wildman–Crippen MR) is 103 cm³/mol. The van der Waals surface area contributed by atoms with Crippen molar-refractivity contribution in [1.29, 1.82) is 0 Å². The third kappa shape index (κ3) is 3.58. The number of hydrazine groups is 1. The Morgan fingerprint density at radius 3 is 2.85 bits per heavy atom. The molecule has 136 valence electrons. The number of methoxy groups -OCH3 is 1. The number of hydrogen-bond acceptors (Lipinski definition) is 6. The minimum absolute atomic E-state index is 0.254. The second kappa shape index (κ2) is 7.63. The van der Waals surface area contributed by atoms with Crippen molar-refractivity contribution in [3.8, 4) is 5.75 Å². The zero-order chi connectivity index (χ0) is 18.7. The van der Waals surface area contributed by atoms with Gasteiger partial charge in [0, 0.05) is 38.6 Å². The van der Waals surface area contributed by atoms with E-state index in [0.717, 1.165) is 16.8 Å². The summed E-state index contributed by atoms with van der Waals surface area (Å²) in [5, 5.41) is 8.05. The van der Waals surface area contributed by atoms with Gasteiger partial charge in [0.15, 0.2) is 0 Å². The highest BCUT2D eigenvalue weighted by atomic mass is 35.5. The summed E-state index contributed by atoms with van der Waals surface area (Å²) in [6.07, 6.45) is 3.46. The van der Waals surface area contributed by atoms with Crippen LogP contribution in [0.1, 0.15) is 15.9 Å². The molecule has 1 aliphatic heterocycles. The second-order valence-corrected chi connectivity index (χ2v) is 6.13. The van der Waals surface area contributed by atoms with Crippen LogP contribution in [0.5, 0.6) is 5.75 Å². The minimum atomic E-state index is -0.254. The number of ether oxygens (including phenoxy) is 1. The van der Waals surface area contributed by atoms with E-state index in [0.29, 0.717) is 28.7 Å². The lowest BCUT2D eigenvalue weighted by molar-refractivity contribution is 0.0963. The molecule has 26 heavy (non-hydrogen) atoms. The van der Waals surface area contributed by atoms with Crippen molar-refractivity contribution in [2.24, 2.45) is 0 Å². The molecule has 1 aliphatic rings. The summed E-state index contributed by atoms with van der Waals surface area (Å²) in [7, 11) is 5.13. The van der Waals surface area contributed by atoms with Crippen LogP contribution in [-0.4, -0.2) is 43.6 Å². The fraction of sp³-hybridized carbons (Fsp3) is 0.222. The van der Waals surface area contributed by atoms with E-state index < -0.39 is 0 Å². The quantitative estimate of drug-likeness (QED) is 0.699. The van der Waals surface area contributed by atoms with Crippen LogP contribution in [0.25, 0.3) is 5.57 Å². The van der Waals surface area contributed by atoms with Crippen LogP contribution in [0.2, 0.25) is 5.15 Å². The normalized spacial score (nSPS) is 13.4. The Morgan fingerprint density at radius 2 is 2.19 bits per heavy atom.